The normalized spacial score (nSPS) is 10.2. The predicted molar refractivity (Wildman–Crippen MR) is 79.8 cm³/mol. The van der Waals surface area contributed by atoms with Crippen molar-refractivity contribution >= 4 is 43.5 Å². The number of hydrogen-bond acceptors (Lipinski definition) is 5. The quantitative estimate of drug-likeness (QED) is 0.595. The fraction of sp³-hybridized carbons (Fsp3) is 0. The molecule has 0 radical (unpaired) electrons. The number of aromatic nitrogens is 1. The van der Waals surface area contributed by atoms with E-state index in [-0.39, 0.29) is 23.0 Å². The number of nitrogens with zero attached hydrogens (tertiary/aromatic N) is 2. The minimum Gasteiger partial charge on any atom is -0.477 e. The maximum atomic E-state index is 10.8. The molecule has 0 atom stereocenters. The van der Waals surface area contributed by atoms with E-state index < -0.39 is 10.9 Å². The Morgan fingerprint density at radius 1 is 1.29 bits per heavy atom. The molecule has 108 valence electrons. The van der Waals surface area contributed by atoms with Crippen LogP contribution >= 0.6 is 31.9 Å². The summed E-state index contributed by atoms with van der Waals surface area (Å²) in [7, 11) is 0. The van der Waals surface area contributed by atoms with Crippen molar-refractivity contribution < 1.29 is 19.6 Å². The summed E-state index contributed by atoms with van der Waals surface area (Å²) in [5.74, 6) is -0.858. The van der Waals surface area contributed by atoms with Crippen molar-refractivity contribution in [2.24, 2.45) is 0 Å². The van der Waals surface area contributed by atoms with Crippen LogP contribution in [0, 0.1) is 10.1 Å². The maximum absolute atomic E-state index is 10.8. The molecule has 1 aromatic heterocycles. The first kappa shape index (κ1) is 15.4. The second-order valence-corrected chi connectivity index (χ2v) is 5.47. The van der Waals surface area contributed by atoms with E-state index in [1.165, 1.54) is 30.3 Å². The van der Waals surface area contributed by atoms with Crippen LogP contribution in [-0.2, 0) is 0 Å². The molecule has 0 saturated carbocycles. The van der Waals surface area contributed by atoms with Crippen molar-refractivity contribution in [1.82, 2.24) is 4.98 Å². The number of halogens is 2. The van der Waals surface area contributed by atoms with Gasteiger partial charge in [-0.2, -0.15) is 0 Å². The van der Waals surface area contributed by atoms with Crippen molar-refractivity contribution in [3.05, 3.63) is 55.1 Å². The molecular weight excluding hydrogens is 412 g/mol. The molecule has 1 heterocycles. The summed E-state index contributed by atoms with van der Waals surface area (Å²) in [6.45, 7) is 0. The van der Waals surface area contributed by atoms with E-state index in [1.54, 1.807) is 0 Å². The van der Waals surface area contributed by atoms with Gasteiger partial charge in [0.2, 0.25) is 5.88 Å². The largest absolute Gasteiger partial charge is 0.477 e. The molecule has 1 aromatic carbocycles. The number of hydrogen-bond donors (Lipinski definition) is 1. The molecule has 0 aliphatic carbocycles. The SMILES string of the molecule is O=C(O)c1cccc(Oc2c(Br)cc([N+](=O)[O-])cc2Br)n1. The average molecular weight is 418 g/mol. The maximum Gasteiger partial charge on any atom is 0.354 e. The number of ether oxygens (including phenoxy) is 1. The summed E-state index contributed by atoms with van der Waals surface area (Å²) in [4.78, 5) is 24.9. The number of aromatic carboxylic acids is 1. The zero-order chi connectivity index (χ0) is 15.6. The Morgan fingerprint density at radius 3 is 2.43 bits per heavy atom. The van der Waals surface area contributed by atoms with Gasteiger partial charge in [0.1, 0.15) is 0 Å². The van der Waals surface area contributed by atoms with Crippen LogP contribution in [0.5, 0.6) is 11.6 Å². The lowest BCUT2D eigenvalue weighted by Gasteiger charge is -2.09. The van der Waals surface area contributed by atoms with Crippen molar-refractivity contribution in [1.29, 1.82) is 0 Å². The lowest BCUT2D eigenvalue weighted by molar-refractivity contribution is -0.385. The number of benzene rings is 1. The van der Waals surface area contributed by atoms with Crippen LogP contribution in [0.2, 0.25) is 0 Å². The molecule has 2 aromatic rings. The smallest absolute Gasteiger partial charge is 0.354 e. The standard InChI is InChI=1S/C12H6Br2N2O5/c13-7-4-6(16(19)20)5-8(14)11(7)21-10-3-1-2-9(15-10)12(17)18/h1-5H,(H,17,18). The van der Waals surface area contributed by atoms with Crippen LogP contribution in [-0.4, -0.2) is 21.0 Å². The zero-order valence-electron chi connectivity index (χ0n) is 10.1. The van der Waals surface area contributed by atoms with Crippen LogP contribution in [0.1, 0.15) is 10.5 Å². The molecular formula is C12H6Br2N2O5. The fourth-order valence-corrected chi connectivity index (χ4v) is 2.77. The molecule has 0 bridgehead atoms. The molecule has 0 saturated heterocycles. The minimum absolute atomic E-state index is 0.0603. The molecule has 0 aliphatic heterocycles. The van der Waals surface area contributed by atoms with Crippen LogP contribution in [0.4, 0.5) is 5.69 Å². The highest BCUT2D eigenvalue weighted by Gasteiger charge is 2.16. The van der Waals surface area contributed by atoms with Gasteiger partial charge in [-0.3, -0.25) is 10.1 Å². The highest BCUT2D eigenvalue weighted by molar-refractivity contribution is 9.11. The molecule has 0 aliphatic rings. The van der Waals surface area contributed by atoms with Gasteiger partial charge in [0.15, 0.2) is 11.4 Å². The molecule has 0 unspecified atom stereocenters. The molecule has 9 heteroatoms. The third-order valence-corrected chi connectivity index (χ3v) is 3.52. The third kappa shape index (κ3) is 3.56. The van der Waals surface area contributed by atoms with E-state index in [1.807, 2.05) is 0 Å². The lowest BCUT2D eigenvalue weighted by Crippen LogP contribution is -2.01. The van der Waals surface area contributed by atoms with Gasteiger partial charge in [-0.25, -0.2) is 9.78 Å². The number of non-ortho nitro benzene ring substituents is 1. The van der Waals surface area contributed by atoms with E-state index in [0.29, 0.717) is 8.95 Å². The molecule has 0 amide bonds. The Labute approximate surface area is 135 Å². The summed E-state index contributed by atoms with van der Waals surface area (Å²) in [6.07, 6.45) is 0. The summed E-state index contributed by atoms with van der Waals surface area (Å²) in [5.41, 5.74) is -0.282. The predicted octanol–water partition coefficient (Wildman–Crippen LogP) is 4.01. The van der Waals surface area contributed by atoms with Crippen LogP contribution in [0.25, 0.3) is 0 Å². The average Bonchev–Trinajstić information content (AvgIpc) is 2.42. The second-order valence-electron chi connectivity index (χ2n) is 3.76. The number of pyridine rings is 1. The summed E-state index contributed by atoms with van der Waals surface area (Å²) >= 11 is 6.34. The second kappa shape index (κ2) is 6.19. The third-order valence-electron chi connectivity index (χ3n) is 2.34. The van der Waals surface area contributed by atoms with E-state index in [2.05, 4.69) is 36.8 Å². The Kier molecular flexibility index (Phi) is 4.53. The first-order chi connectivity index (χ1) is 9.88. The first-order valence-corrected chi connectivity index (χ1v) is 6.98. The van der Waals surface area contributed by atoms with Crippen molar-refractivity contribution in [2.45, 2.75) is 0 Å². The van der Waals surface area contributed by atoms with Gasteiger partial charge in [0.05, 0.1) is 13.9 Å². The molecule has 21 heavy (non-hydrogen) atoms. The molecule has 0 fully saturated rings. The molecule has 1 N–H and O–H groups in total. The Morgan fingerprint density at radius 2 is 1.90 bits per heavy atom. The molecule has 0 spiro atoms. The van der Waals surface area contributed by atoms with Crippen LogP contribution < -0.4 is 4.74 Å². The number of nitro groups is 1. The first-order valence-electron chi connectivity index (χ1n) is 5.40. The van der Waals surface area contributed by atoms with Gasteiger partial charge in [-0.1, -0.05) is 6.07 Å². The van der Waals surface area contributed by atoms with Crippen molar-refractivity contribution in [3.63, 3.8) is 0 Å². The van der Waals surface area contributed by atoms with Crippen molar-refractivity contribution in [2.75, 3.05) is 0 Å². The summed E-state index contributed by atoms with van der Waals surface area (Å²) in [6, 6.07) is 6.85. The monoisotopic (exact) mass is 416 g/mol. The lowest BCUT2D eigenvalue weighted by atomic mass is 10.3. The van der Waals surface area contributed by atoms with E-state index in [4.69, 9.17) is 9.84 Å². The number of rotatable bonds is 4. The topological polar surface area (TPSA) is 103 Å². The summed E-state index contributed by atoms with van der Waals surface area (Å²) in [5, 5.41) is 19.6. The highest BCUT2D eigenvalue weighted by atomic mass is 79.9. The van der Waals surface area contributed by atoms with Gasteiger partial charge in [0, 0.05) is 18.2 Å². The Bertz CT molecular complexity index is 712. The van der Waals surface area contributed by atoms with Gasteiger partial charge in [-0.05, 0) is 37.9 Å². The highest BCUT2D eigenvalue weighted by Crippen LogP contribution is 2.39. The van der Waals surface area contributed by atoms with Crippen LogP contribution in [0.3, 0.4) is 0 Å². The van der Waals surface area contributed by atoms with E-state index >= 15 is 0 Å². The fourth-order valence-electron chi connectivity index (χ4n) is 1.44. The Balaban J connectivity index is 2.38. The van der Waals surface area contributed by atoms with Gasteiger partial charge < -0.3 is 9.84 Å². The number of nitro benzene ring substituents is 1. The van der Waals surface area contributed by atoms with Gasteiger partial charge in [0.25, 0.3) is 5.69 Å². The van der Waals surface area contributed by atoms with E-state index in [9.17, 15) is 14.9 Å². The van der Waals surface area contributed by atoms with E-state index in [0.717, 1.165) is 0 Å². The van der Waals surface area contributed by atoms with Crippen LogP contribution in [0.15, 0.2) is 39.3 Å². The number of carbonyl (C=O) groups is 1. The van der Waals surface area contributed by atoms with Crippen molar-refractivity contribution in [3.8, 4) is 11.6 Å². The Hall–Kier alpha value is -2.00. The summed E-state index contributed by atoms with van der Waals surface area (Å²) < 4.78 is 6.15. The van der Waals surface area contributed by atoms with Gasteiger partial charge >= 0.3 is 5.97 Å². The van der Waals surface area contributed by atoms with Gasteiger partial charge in [-0.15, -0.1) is 0 Å². The minimum atomic E-state index is -1.18. The zero-order valence-corrected chi connectivity index (χ0v) is 13.3. The number of carboxylic acid groups (broad SMARTS) is 1. The number of carboxylic acids is 1. The molecule has 2 rings (SSSR count). The molecule has 7 nitrogen and oxygen atoms in total.